The second-order valence-electron chi connectivity index (χ2n) is 12.3. The van der Waals surface area contributed by atoms with Gasteiger partial charge in [-0.3, -0.25) is 18.9 Å². The van der Waals surface area contributed by atoms with Gasteiger partial charge in [0.25, 0.3) is 0 Å². The molecule has 51 heavy (non-hydrogen) atoms. The van der Waals surface area contributed by atoms with Crippen LogP contribution in [-0.4, -0.2) is 61.5 Å². The van der Waals surface area contributed by atoms with Gasteiger partial charge in [0.1, 0.15) is 36.6 Å². The highest BCUT2D eigenvalue weighted by Crippen LogP contribution is 2.51. The lowest BCUT2D eigenvalue weighted by Crippen LogP contribution is -2.57. The van der Waals surface area contributed by atoms with Gasteiger partial charge in [0.2, 0.25) is 0 Å². The van der Waals surface area contributed by atoms with Gasteiger partial charge in [0, 0.05) is 23.0 Å². The summed E-state index contributed by atoms with van der Waals surface area (Å²) in [4.78, 5) is 26.5. The number of rotatable bonds is 13. The van der Waals surface area contributed by atoms with Gasteiger partial charge in [-0.05, 0) is 56.5 Å². The van der Waals surface area contributed by atoms with Gasteiger partial charge in [-0.15, -0.1) is 0 Å². The highest BCUT2D eigenvalue weighted by Gasteiger charge is 2.52. The van der Waals surface area contributed by atoms with Gasteiger partial charge in [0.05, 0.1) is 24.6 Å². The second kappa shape index (κ2) is 14.7. The molecule has 0 amide bonds. The normalized spacial score (nSPS) is 22.7. The highest BCUT2D eigenvalue weighted by molar-refractivity contribution is 7.52. The van der Waals surface area contributed by atoms with E-state index in [2.05, 4.69) is 20.0 Å². The number of alkyl halides is 3. The number of fused-ring (bicyclic) bond motifs is 1. The summed E-state index contributed by atoms with van der Waals surface area (Å²) in [6, 6.07) is 10.6. The minimum Gasteiger partial charge on any atom is -0.459 e. The van der Waals surface area contributed by atoms with Crippen molar-refractivity contribution in [3.8, 4) is 5.75 Å². The first kappa shape index (κ1) is 36.9. The summed E-state index contributed by atoms with van der Waals surface area (Å²) < 4.78 is 80.0. The monoisotopic (exact) mass is 753 g/mol. The zero-order chi connectivity index (χ0) is 36.6. The molecule has 274 valence electrons. The summed E-state index contributed by atoms with van der Waals surface area (Å²) in [6.07, 6.45) is -3.93. The Morgan fingerprint density at radius 3 is 2.59 bits per heavy atom. The lowest BCUT2D eigenvalue weighted by Gasteiger charge is -2.41. The summed E-state index contributed by atoms with van der Waals surface area (Å²) in [5.74, 6) is 5.11. The largest absolute Gasteiger partial charge is 0.459 e. The number of aliphatic hydroxyl groups excluding tert-OH is 1. The molecule has 0 bridgehead atoms. The fourth-order valence-electron chi connectivity index (χ4n) is 5.98. The number of aromatic nitrogens is 4. The van der Waals surface area contributed by atoms with Gasteiger partial charge >= 0.3 is 19.9 Å². The Morgan fingerprint density at radius 2 is 1.92 bits per heavy atom. The van der Waals surface area contributed by atoms with Crippen LogP contribution in [-0.2, 0) is 36.1 Å². The average molecular weight is 754 g/mol. The van der Waals surface area contributed by atoms with Crippen LogP contribution < -0.4 is 20.5 Å². The first-order valence-electron chi connectivity index (χ1n) is 16.1. The number of carbonyl (C=O) groups is 1. The van der Waals surface area contributed by atoms with Crippen LogP contribution in [0.4, 0.5) is 19.0 Å². The lowest BCUT2D eigenvalue weighted by atomic mass is 9.78. The number of esters is 1. The summed E-state index contributed by atoms with van der Waals surface area (Å²) in [6.45, 7) is 2.95. The number of hydrogen-bond acceptors (Lipinski definition) is 12. The number of hydrazine groups is 1. The third kappa shape index (κ3) is 7.70. The molecule has 1 saturated heterocycles. The molecule has 2 aromatic heterocycles. The number of nitrogens with one attached hydrogen (secondary N) is 1. The highest BCUT2D eigenvalue weighted by atomic mass is 35.5. The van der Waals surface area contributed by atoms with Crippen LogP contribution in [0.3, 0.4) is 0 Å². The maximum absolute atomic E-state index is 14.5. The zero-order valence-corrected chi connectivity index (χ0v) is 29.1. The van der Waals surface area contributed by atoms with Crippen molar-refractivity contribution in [2.45, 2.75) is 69.9 Å². The molecular formula is C32H36ClF3N7O7P. The van der Waals surface area contributed by atoms with Crippen LogP contribution >= 0.6 is 19.3 Å². The van der Waals surface area contributed by atoms with Crippen LogP contribution in [0.2, 0.25) is 5.02 Å². The predicted octanol–water partition coefficient (Wildman–Crippen LogP) is 5.55. The van der Waals surface area contributed by atoms with E-state index >= 15 is 0 Å². The Balaban J connectivity index is 1.21. The van der Waals surface area contributed by atoms with Gasteiger partial charge in [-0.2, -0.15) is 18.3 Å². The van der Waals surface area contributed by atoms with E-state index in [0.29, 0.717) is 35.0 Å². The molecule has 1 aliphatic carbocycles. The second-order valence-corrected chi connectivity index (χ2v) is 14.4. The Morgan fingerprint density at radius 1 is 1.20 bits per heavy atom. The fraction of sp³-hybridized carbons (Fsp3) is 0.438. The number of imidazole rings is 1. The molecule has 0 radical (unpaired) electrons. The number of nitrogens with two attached hydrogens (primary N) is 1. The molecule has 2 aliphatic rings. The minimum atomic E-state index is -4.66. The van der Waals surface area contributed by atoms with Crippen molar-refractivity contribution in [3.63, 3.8) is 0 Å². The summed E-state index contributed by atoms with van der Waals surface area (Å²) in [5, 5.41) is 15.7. The quantitative estimate of drug-likeness (QED) is 0.0671. The minimum absolute atomic E-state index is 0.0812. The molecule has 4 aromatic rings. The van der Waals surface area contributed by atoms with E-state index in [0.717, 1.165) is 6.07 Å². The third-order valence-electron chi connectivity index (χ3n) is 8.99. The standard InChI is InChI=1S/C32H36ClF3N7O7P/c1-3-43(37)28-25-27(38-17-39-28)42(18-40-25)29-19(2)26(44)24(49-29)16-48-51(46,50-22-11-9-21(33)10-12-22)41-31(13-6-14-31)30(45)47-15-20-7-4-5-8-23(20)32(34,35)36/h4-5,7-12,17-19,24,26,29,44H,3,6,13-16,37H2,1-2H3,(H,41,46)/t19-,24?,26-,29?,51?/m0/s1. The van der Waals surface area contributed by atoms with Gasteiger partial charge in [-0.25, -0.2) is 25.4 Å². The topological polar surface area (TPSA) is 176 Å². The number of anilines is 1. The van der Waals surface area contributed by atoms with Crippen LogP contribution in [0, 0.1) is 5.92 Å². The molecule has 5 atom stereocenters. The smallest absolute Gasteiger partial charge is 0.459 e. The summed E-state index contributed by atoms with van der Waals surface area (Å²) in [7, 11) is -4.49. The van der Waals surface area contributed by atoms with Gasteiger partial charge in [0.15, 0.2) is 17.0 Å². The molecule has 4 N–H and O–H groups in total. The summed E-state index contributed by atoms with van der Waals surface area (Å²) >= 11 is 6.02. The van der Waals surface area contributed by atoms with Gasteiger partial charge in [-0.1, -0.05) is 36.7 Å². The molecule has 1 aliphatic heterocycles. The maximum atomic E-state index is 14.5. The molecular weight excluding hydrogens is 718 g/mol. The number of ether oxygens (including phenoxy) is 2. The number of carbonyl (C=O) groups excluding carboxylic acids is 1. The average Bonchev–Trinajstić information content (AvgIpc) is 3.64. The molecule has 1 saturated carbocycles. The Hall–Kier alpha value is -3.83. The van der Waals surface area contributed by atoms with Crippen molar-refractivity contribution in [1.29, 1.82) is 0 Å². The number of benzene rings is 2. The van der Waals surface area contributed by atoms with Crippen molar-refractivity contribution < 1.29 is 46.2 Å². The third-order valence-corrected chi connectivity index (χ3v) is 10.9. The SMILES string of the molecule is CCN(N)c1ncnc2c1ncn2C1OC(COP(=O)(NC2(C(=O)OCc3ccccc3C(F)(F)F)CCC2)Oc2ccc(Cl)cc2)[C@@H](O)[C@@H]1C. The first-order valence-corrected chi connectivity index (χ1v) is 18.0. The molecule has 19 heteroatoms. The molecule has 2 fully saturated rings. The van der Waals surface area contributed by atoms with Crippen molar-refractivity contribution in [2.24, 2.45) is 11.8 Å². The van der Waals surface area contributed by atoms with E-state index in [-0.39, 0.29) is 24.2 Å². The predicted molar refractivity (Wildman–Crippen MR) is 178 cm³/mol. The fourth-order valence-corrected chi connectivity index (χ4v) is 7.85. The van der Waals surface area contributed by atoms with Crippen LogP contribution in [0.25, 0.3) is 11.2 Å². The molecule has 0 spiro atoms. The van der Waals surface area contributed by atoms with Crippen molar-refractivity contribution in [1.82, 2.24) is 24.6 Å². The number of aliphatic hydroxyl groups is 1. The Kier molecular flexibility index (Phi) is 10.6. The van der Waals surface area contributed by atoms with Crippen LogP contribution in [0.15, 0.2) is 61.2 Å². The first-order chi connectivity index (χ1) is 24.2. The van der Waals surface area contributed by atoms with Crippen molar-refractivity contribution in [2.75, 3.05) is 18.2 Å². The molecule has 14 nitrogen and oxygen atoms in total. The van der Waals surface area contributed by atoms with Gasteiger partial charge < -0.3 is 19.1 Å². The number of halogens is 4. The van der Waals surface area contributed by atoms with E-state index in [4.69, 9.17) is 36.0 Å². The lowest BCUT2D eigenvalue weighted by molar-refractivity contribution is -0.157. The Labute approximate surface area is 295 Å². The van der Waals surface area contributed by atoms with Crippen LogP contribution in [0.1, 0.15) is 50.5 Å². The van der Waals surface area contributed by atoms with Crippen molar-refractivity contribution >= 4 is 42.3 Å². The molecule has 2 aromatic carbocycles. The van der Waals surface area contributed by atoms with Crippen molar-refractivity contribution in [3.05, 3.63) is 77.3 Å². The number of hydrogen-bond donors (Lipinski definition) is 3. The van der Waals surface area contributed by atoms with E-state index in [1.807, 2.05) is 6.92 Å². The number of nitrogens with zero attached hydrogens (tertiary/aromatic N) is 5. The van der Waals surface area contributed by atoms with E-state index in [9.17, 15) is 27.6 Å². The Bertz CT molecular complexity index is 1910. The summed E-state index contributed by atoms with van der Waals surface area (Å²) in [5.41, 5.74) is -1.93. The molecule has 3 heterocycles. The van der Waals surface area contributed by atoms with E-state index in [1.54, 1.807) is 11.5 Å². The van der Waals surface area contributed by atoms with Crippen LogP contribution in [0.5, 0.6) is 5.75 Å². The molecule has 3 unspecified atom stereocenters. The zero-order valence-electron chi connectivity index (χ0n) is 27.5. The van der Waals surface area contributed by atoms with E-state index < -0.39 is 68.6 Å². The van der Waals surface area contributed by atoms with E-state index in [1.165, 1.54) is 60.1 Å². The molecule has 6 rings (SSSR count). The maximum Gasteiger partial charge on any atom is 0.459 e.